The minimum Gasteiger partial charge on any atom is -0.438 e. The van der Waals surface area contributed by atoms with Crippen LogP contribution in [0, 0.1) is 0 Å². The normalized spacial score (nSPS) is 16.8. The van der Waals surface area contributed by atoms with E-state index in [4.69, 9.17) is 10.3 Å². The summed E-state index contributed by atoms with van der Waals surface area (Å²) < 4.78 is 19.8. The highest BCUT2D eigenvalue weighted by Crippen LogP contribution is 2.54. The molecule has 3 N–H and O–H groups in total. The van der Waals surface area contributed by atoms with Crippen molar-refractivity contribution in [3.8, 4) is 28.3 Å². The molecule has 148 valence electrons. The molecule has 1 atom stereocenters. The van der Waals surface area contributed by atoms with Gasteiger partial charge in [-0.05, 0) is 17.7 Å². The number of nitrogens with one attached hydrogen (secondary N) is 1. The number of nitrogens with zero attached hydrogens (tertiary/aromatic N) is 3. The van der Waals surface area contributed by atoms with Gasteiger partial charge >= 0.3 is 0 Å². The Bertz CT molecular complexity index is 1280. The first-order valence-electron chi connectivity index (χ1n) is 9.41. The maximum atomic E-state index is 13.8. The number of nitrogens with two attached hydrogens (primary N) is 1. The van der Waals surface area contributed by atoms with E-state index in [1.807, 2.05) is 78.9 Å². The molecule has 0 aliphatic carbocycles. The van der Waals surface area contributed by atoms with Gasteiger partial charge in [0.05, 0.1) is 5.30 Å². The highest BCUT2D eigenvalue weighted by Gasteiger charge is 2.35. The summed E-state index contributed by atoms with van der Waals surface area (Å²) in [5.41, 5.74) is 8.52. The Labute approximate surface area is 173 Å². The SMILES string of the molecule is Nc1nc(NC[P@@]2(=O)Oc3ccccc3-c3ccccc32)nc(-c2ccccc2)n1. The first kappa shape index (κ1) is 18.3. The van der Waals surface area contributed by atoms with Crippen molar-refractivity contribution in [2.24, 2.45) is 0 Å². The second-order valence-corrected chi connectivity index (χ2v) is 9.15. The average Bonchev–Trinajstić information content (AvgIpc) is 2.78. The highest BCUT2D eigenvalue weighted by molar-refractivity contribution is 7.67. The zero-order valence-electron chi connectivity index (χ0n) is 15.9. The number of hydrogen-bond donors (Lipinski definition) is 2. The lowest BCUT2D eigenvalue weighted by Crippen LogP contribution is -2.23. The second kappa shape index (κ2) is 7.28. The maximum absolute atomic E-state index is 13.8. The molecule has 2 heterocycles. The summed E-state index contributed by atoms with van der Waals surface area (Å²) in [5, 5.41) is 3.72. The van der Waals surface area contributed by atoms with Crippen LogP contribution in [0.1, 0.15) is 0 Å². The summed E-state index contributed by atoms with van der Waals surface area (Å²) in [6.07, 6.45) is 0.0238. The topological polar surface area (TPSA) is 103 Å². The quantitative estimate of drug-likeness (QED) is 0.483. The van der Waals surface area contributed by atoms with Crippen molar-refractivity contribution >= 4 is 24.6 Å². The minimum absolute atomic E-state index is 0.0238. The lowest BCUT2D eigenvalue weighted by Gasteiger charge is -2.28. The molecular weight excluding hydrogens is 397 g/mol. The first-order chi connectivity index (χ1) is 14.6. The molecule has 1 aliphatic rings. The van der Waals surface area contributed by atoms with Crippen LogP contribution >= 0.6 is 7.37 Å². The predicted octanol–water partition coefficient (Wildman–Crippen LogP) is 4.15. The highest BCUT2D eigenvalue weighted by atomic mass is 31.2. The van der Waals surface area contributed by atoms with Crippen molar-refractivity contribution in [1.82, 2.24) is 15.0 Å². The van der Waals surface area contributed by atoms with E-state index in [1.54, 1.807) is 0 Å². The van der Waals surface area contributed by atoms with E-state index in [9.17, 15) is 4.57 Å². The summed E-state index contributed by atoms with van der Waals surface area (Å²) in [6, 6.07) is 24.6. The van der Waals surface area contributed by atoms with Crippen molar-refractivity contribution in [3.05, 3.63) is 78.9 Å². The Hall–Kier alpha value is -3.70. The van der Waals surface area contributed by atoms with Crippen molar-refractivity contribution < 1.29 is 9.09 Å². The van der Waals surface area contributed by atoms with Crippen LogP contribution in [0.3, 0.4) is 0 Å². The standard InChI is InChI=1S/C22H18N5O2P/c23-21-25-20(15-8-2-1-3-9-15)26-22(27-21)24-14-30(28)19-13-7-5-11-17(19)16-10-4-6-12-18(16)29-30/h1-13H,14H2,(H3,23,24,25,26,27)/t30-/m1/s1. The molecule has 1 aromatic heterocycles. The molecule has 1 aliphatic heterocycles. The molecule has 3 aromatic carbocycles. The number of hydrogen-bond acceptors (Lipinski definition) is 7. The van der Waals surface area contributed by atoms with E-state index in [0.717, 1.165) is 16.7 Å². The fraction of sp³-hybridized carbons (Fsp3) is 0.0455. The Morgan fingerprint density at radius 2 is 1.53 bits per heavy atom. The van der Waals surface area contributed by atoms with E-state index < -0.39 is 7.37 Å². The van der Waals surface area contributed by atoms with Gasteiger partial charge in [0.1, 0.15) is 12.0 Å². The Morgan fingerprint density at radius 3 is 2.37 bits per heavy atom. The van der Waals surface area contributed by atoms with Crippen LogP contribution < -0.4 is 20.9 Å². The van der Waals surface area contributed by atoms with E-state index in [-0.39, 0.29) is 18.2 Å². The van der Waals surface area contributed by atoms with Gasteiger partial charge in [0, 0.05) is 11.1 Å². The summed E-state index contributed by atoms with van der Waals surface area (Å²) in [6.45, 7) is 0. The van der Waals surface area contributed by atoms with Crippen LogP contribution in [0.2, 0.25) is 0 Å². The minimum atomic E-state index is -3.26. The summed E-state index contributed by atoms with van der Waals surface area (Å²) >= 11 is 0. The Morgan fingerprint density at radius 1 is 0.833 bits per heavy atom. The molecule has 5 rings (SSSR count). The number of aromatic nitrogens is 3. The largest absolute Gasteiger partial charge is 0.438 e. The van der Waals surface area contributed by atoms with Crippen LogP contribution in [0.15, 0.2) is 78.9 Å². The van der Waals surface area contributed by atoms with E-state index in [2.05, 4.69) is 20.3 Å². The molecule has 0 bridgehead atoms. The van der Waals surface area contributed by atoms with E-state index >= 15 is 0 Å². The number of rotatable bonds is 4. The predicted molar refractivity (Wildman–Crippen MR) is 118 cm³/mol. The lowest BCUT2D eigenvalue weighted by molar-refractivity contribution is 0.493. The molecule has 0 unspecified atom stereocenters. The molecule has 4 aromatic rings. The maximum Gasteiger partial charge on any atom is 0.296 e. The van der Waals surface area contributed by atoms with Gasteiger partial charge in [-0.1, -0.05) is 66.7 Å². The van der Waals surface area contributed by atoms with Crippen molar-refractivity contribution in [3.63, 3.8) is 0 Å². The number of nitrogen functional groups attached to an aromatic ring is 1. The molecule has 8 heteroatoms. The van der Waals surface area contributed by atoms with Gasteiger partial charge in [-0.15, -0.1) is 0 Å². The van der Waals surface area contributed by atoms with E-state index in [0.29, 0.717) is 16.9 Å². The van der Waals surface area contributed by atoms with Gasteiger partial charge in [-0.2, -0.15) is 15.0 Å². The van der Waals surface area contributed by atoms with Gasteiger partial charge in [0.25, 0.3) is 7.37 Å². The third-order valence-electron chi connectivity index (χ3n) is 4.82. The van der Waals surface area contributed by atoms with Crippen LogP contribution in [-0.4, -0.2) is 21.2 Å². The molecule has 0 saturated carbocycles. The van der Waals surface area contributed by atoms with E-state index in [1.165, 1.54) is 0 Å². The number of para-hydroxylation sites is 1. The molecule has 0 saturated heterocycles. The average molecular weight is 415 g/mol. The molecule has 0 amide bonds. The molecule has 7 nitrogen and oxygen atoms in total. The second-order valence-electron chi connectivity index (χ2n) is 6.82. The molecule has 0 fully saturated rings. The van der Waals surface area contributed by atoms with Crippen molar-refractivity contribution in [2.45, 2.75) is 0 Å². The number of benzene rings is 3. The summed E-state index contributed by atoms with van der Waals surface area (Å²) in [7, 11) is -3.26. The van der Waals surface area contributed by atoms with Crippen molar-refractivity contribution in [2.75, 3.05) is 17.3 Å². The molecule has 0 spiro atoms. The van der Waals surface area contributed by atoms with Gasteiger partial charge in [0.15, 0.2) is 5.82 Å². The number of fused-ring (bicyclic) bond motifs is 3. The Balaban J connectivity index is 1.47. The van der Waals surface area contributed by atoms with Gasteiger partial charge in [0.2, 0.25) is 11.9 Å². The third-order valence-corrected chi connectivity index (χ3v) is 7.01. The summed E-state index contributed by atoms with van der Waals surface area (Å²) in [5.74, 6) is 1.37. The van der Waals surface area contributed by atoms with Crippen molar-refractivity contribution in [1.29, 1.82) is 0 Å². The Kier molecular flexibility index (Phi) is 4.45. The van der Waals surface area contributed by atoms with Crippen LogP contribution in [0.4, 0.5) is 11.9 Å². The molecular formula is C22H18N5O2P. The lowest BCUT2D eigenvalue weighted by atomic mass is 10.0. The van der Waals surface area contributed by atoms with Gasteiger partial charge in [-0.3, -0.25) is 4.57 Å². The zero-order valence-corrected chi connectivity index (χ0v) is 16.8. The summed E-state index contributed by atoms with van der Waals surface area (Å²) in [4.78, 5) is 12.8. The fourth-order valence-corrected chi connectivity index (χ4v) is 5.49. The van der Waals surface area contributed by atoms with Crippen LogP contribution in [-0.2, 0) is 4.57 Å². The molecule has 0 radical (unpaired) electrons. The fourth-order valence-electron chi connectivity index (χ4n) is 3.46. The van der Waals surface area contributed by atoms with Crippen LogP contribution in [0.5, 0.6) is 5.75 Å². The number of anilines is 2. The zero-order chi connectivity index (χ0) is 20.6. The smallest absolute Gasteiger partial charge is 0.296 e. The van der Waals surface area contributed by atoms with Crippen LogP contribution in [0.25, 0.3) is 22.5 Å². The molecule has 30 heavy (non-hydrogen) atoms. The van der Waals surface area contributed by atoms with Gasteiger partial charge in [-0.25, -0.2) is 0 Å². The first-order valence-corrected chi connectivity index (χ1v) is 11.2. The van der Waals surface area contributed by atoms with Gasteiger partial charge < -0.3 is 15.6 Å². The monoisotopic (exact) mass is 415 g/mol. The third kappa shape index (κ3) is 3.29.